The Morgan fingerprint density at radius 1 is 1.40 bits per heavy atom. The lowest BCUT2D eigenvalue weighted by molar-refractivity contribution is 0.561. The van der Waals surface area contributed by atoms with E-state index in [1.807, 2.05) is 18.2 Å². The summed E-state index contributed by atoms with van der Waals surface area (Å²) in [6, 6.07) is 6.11. The summed E-state index contributed by atoms with van der Waals surface area (Å²) >= 11 is 7.64. The molecular weight excluding hydrogens is 290 g/mol. The second kappa shape index (κ2) is 7.07. The molecule has 0 bridgehead atoms. The zero-order chi connectivity index (χ0) is 14.5. The van der Waals surface area contributed by atoms with Crippen LogP contribution in [-0.4, -0.2) is 11.5 Å². The van der Waals surface area contributed by atoms with Crippen LogP contribution in [0.2, 0.25) is 5.02 Å². The molecule has 0 aliphatic carbocycles. The van der Waals surface area contributed by atoms with E-state index in [1.165, 1.54) is 0 Å². The predicted molar refractivity (Wildman–Crippen MR) is 88.3 cm³/mol. The summed E-state index contributed by atoms with van der Waals surface area (Å²) in [7, 11) is 0. The van der Waals surface area contributed by atoms with Gasteiger partial charge in [-0.3, -0.25) is 0 Å². The maximum Gasteiger partial charge on any atom is 0.187 e. The van der Waals surface area contributed by atoms with Gasteiger partial charge in [0.15, 0.2) is 5.13 Å². The first-order valence-corrected chi connectivity index (χ1v) is 8.08. The molecule has 5 heteroatoms. The summed E-state index contributed by atoms with van der Waals surface area (Å²) in [5.41, 5.74) is 3.24. The van der Waals surface area contributed by atoms with Gasteiger partial charge in [0.2, 0.25) is 0 Å². The summed E-state index contributed by atoms with van der Waals surface area (Å²) in [4.78, 5) is 4.63. The van der Waals surface area contributed by atoms with E-state index in [0.29, 0.717) is 0 Å². The van der Waals surface area contributed by atoms with E-state index in [-0.39, 0.29) is 6.04 Å². The molecule has 2 rings (SSSR count). The highest BCUT2D eigenvalue weighted by Crippen LogP contribution is 2.27. The molecule has 0 fully saturated rings. The van der Waals surface area contributed by atoms with Gasteiger partial charge >= 0.3 is 0 Å². The van der Waals surface area contributed by atoms with E-state index in [9.17, 15) is 0 Å². The average Bonchev–Trinajstić information content (AvgIpc) is 2.89. The summed E-state index contributed by atoms with van der Waals surface area (Å²) in [5, 5.41) is 10.5. The highest BCUT2D eigenvalue weighted by Gasteiger charge is 2.10. The average molecular weight is 310 g/mol. The molecule has 20 heavy (non-hydrogen) atoms. The lowest BCUT2D eigenvalue weighted by atomic mass is 10.2. The Morgan fingerprint density at radius 3 is 2.95 bits per heavy atom. The van der Waals surface area contributed by atoms with Gasteiger partial charge in [0.05, 0.1) is 5.69 Å². The van der Waals surface area contributed by atoms with Crippen LogP contribution < -0.4 is 10.6 Å². The number of nitrogens with one attached hydrogen (secondary N) is 2. The van der Waals surface area contributed by atoms with Gasteiger partial charge in [0.1, 0.15) is 0 Å². The van der Waals surface area contributed by atoms with Crippen LogP contribution >= 0.6 is 22.9 Å². The van der Waals surface area contributed by atoms with Crippen molar-refractivity contribution in [3.05, 3.63) is 39.9 Å². The molecule has 0 aliphatic rings. The summed E-state index contributed by atoms with van der Waals surface area (Å²) in [5.74, 6) is 0. The van der Waals surface area contributed by atoms with Crippen molar-refractivity contribution in [2.75, 3.05) is 11.9 Å². The Labute approximate surface area is 129 Å². The first-order chi connectivity index (χ1) is 9.60. The van der Waals surface area contributed by atoms with Crippen LogP contribution in [0.5, 0.6) is 0 Å². The molecule has 1 heterocycles. The van der Waals surface area contributed by atoms with Gasteiger partial charge in [0, 0.05) is 22.1 Å². The quantitative estimate of drug-likeness (QED) is 0.796. The molecule has 0 saturated carbocycles. The SMILES string of the molecule is CCCNC(C)c1csc(Nc2cc(Cl)ccc2C)n1. The van der Waals surface area contributed by atoms with Crippen LogP contribution in [0.4, 0.5) is 10.8 Å². The standard InChI is InChI=1S/C15H20ClN3S/c1-4-7-17-11(3)14-9-20-15(19-14)18-13-8-12(16)6-5-10(13)2/h5-6,8-9,11,17H,4,7H2,1-3H3,(H,18,19). The van der Waals surface area contributed by atoms with Crippen LogP contribution in [0.1, 0.15) is 37.6 Å². The monoisotopic (exact) mass is 309 g/mol. The molecular formula is C15H20ClN3S. The highest BCUT2D eigenvalue weighted by molar-refractivity contribution is 7.13. The molecule has 108 valence electrons. The molecule has 3 nitrogen and oxygen atoms in total. The van der Waals surface area contributed by atoms with Crippen molar-refractivity contribution in [1.82, 2.24) is 10.3 Å². The van der Waals surface area contributed by atoms with E-state index in [0.717, 1.165) is 40.1 Å². The Balaban J connectivity index is 2.07. The summed E-state index contributed by atoms with van der Waals surface area (Å²) in [6.45, 7) is 7.36. The Morgan fingerprint density at radius 2 is 2.20 bits per heavy atom. The number of anilines is 2. The number of hydrogen-bond acceptors (Lipinski definition) is 4. The fourth-order valence-corrected chi connectivity index (χ4v) is 2.84. The van der Waals surface area contributed by atoms with Gasteiger partial charge in [0.25, 0.3) is 0 Å². The molecule has 0 spiro atoms. The van der Waals surface area contributed by atoms with Crippen LogP contribution in [0.25, 0.3) is 0 Å². The van der Waals surface area contributed by atoms with Crippen molar-refractivity contribution in [2.24, 2.45) is 0 Å². The summed E-state index contributed by atoms with van der Waals surface area (Å²) < 4.78 is 0. The second-order valence-corrected chi connectivity index (χ2v) is 6.13. The lowest BCUT2D eigenvalue weighted by Gasteiger charge is -2.10. The van der Waals surface area contributed by atoms with Crippen LogP contribution in [0, 0.1) is 6.92 Å². The minimum Gasteiger partial charge on any atom is -0.331 e. The number of hydrogen-bond donors (Lipinski definition) is 2. The van der Waals surface area contributed by atoms with Crippen molar-refractivity contribution < 1.29 is 0 Å². The Bertz CT molecular complexity index is 568. The molecule has 0 amide bonds. The molecule has 0 aliphatic heterocycles. The molecule has 1 aromatic carbocycles. The smallest absolute Gasteiger partial charge is 0.187 e. The minimum absolute atomic E-state index is 0.280. The lowest BCUT2D eigenvalue weighted by Crippen LogP contribution is -2.19. The number of halogens is 1. The maximum absolute atomic E-state index is 6.03. The Hall–Kier alpha value is -1.10. The van der Waals surface area contributed by atoms with E-state index in [1.54, 1.807) is 11.3 Å². The van der Waals surface area contributed by atoms with Gasteiger partial charge < -0.3 is 10.6 Å². The maximum atomic E-state index is 6.03. The number of aryl methyl sites for hydroxylation is 1. The normalized spacial score (nSPS) is 12.4. The van der Waals surface area contributed by atoms with E-state index in [4.69, 9.17) is 11.6 Å². The van der Waals surface area contributed by atoms with Gasteiger partial charge in [-0.1, -0.05) is 24.6 Å². The van der Waals surface area contributed by atoms with Crippen molar-refractivity contribution in [3.8, 4) is 0 Å². The first kappa shape index (κ1) is 15.3. The predicted octanol–water partition coefficient (Wildman–Crippen LogP) is 4.91. The van der Waals surface area contributed by atoms with Gasteiger partial charge in [-0.05, 0) is 44.5 Å². The van der Waals surface area contributed by atoms with Crippen molar-refractivity contribution in [2.45, 2.75) is 33.2 Å². The van der Waals surface area contributed by atoms with Crippen molar-refractivity contribution in [1.29, 1.82) is 0 Å². The minimum atomic E-state index is 0.280. The zero-order valence-electron chi connectivity index (χ0n) is 12.0. The van der Waals surface area contributed by atoms with E-state index < -0.39 is 0 Å². The molecule has 1 aromatic heterocycles. The highest BCUT2D eigenvalue weighted by atomic mass is 35.5. The summed E-state index contributed by atoms with van der Waals surface area (Å²) in [6.07, 6.45) is 1.13. The fraction of sp³-hybridized carbons (Fsp3) is 0.400. The fourth-order valence-electron chi connectivity index (χ4n) is 1.85. The van der Waals surface area contributed by atoms with Crippen molar-refractivity contribution >= 4 is 33.8 Å². The third kappa shape index (κ3) is 3.95. The topological polar surface area (TPSA) is 37.0 Å². The van der Waals surface area contributed by atoms with Gasteiger partial charge in [-0.15, -0.1) is 11.3 Å². The number of thiazole rings is 1. The van der Waals surface area contributed by atoms with Crippen LogP contribution in [0.15, 0.2) is 23.6 Å². The van der Waals surface area contributed by atoms with Gasteiger partial charge in [-0.25, -0.2) is 4.98 Å². The Kier molecular flexibility index (Phi) is 5.40. The zero-order valence-corrected chi connectivity index (χ0v) is 13.6. The number of aromatic nitrogens is 1. The van der Waals surface area contributed by atoms with E-state index >= 15 is 0 Å². The molecule has 2 N–H and O–H groups in total. The van der Waals surface area contributed by atoms with Crippen LogP contribution in [-0.2, 0) is 0 Å². The number of benzene rings is 1. The molecule has 2 aromatic rings. The second-order valence-electron chi connectivity index (χ2n) is 4.84. The number of rotatable bonds is 6. The van der Waals surface area contributed by atoms with Crippen LogP contribution in [0.3, 0.4) is 0 Å². The third-order valence-corrected chi connectivity index (χ3v) is 4.12. The van der Waals surface area contributed by atoms with E-state index in [2.05, 4.69) is 41.8 Å². The van der Waals surface area contributed by atoms with Crippen molar-refractivity contribution in [3.63, 3.8) is 0 Å². The largest absolute Gasteiger partial charge is 0.331 e. The number of nitrogens with zero attached hydrogens (tertiary/aromatic N) is 1. The molecule has 1 atom stereocenters. The third-order valence-electron chi connectivity index (χ3n) is 3.11. The molecule has 0 saturated heterocycles. The molecule has 1 unspecified atom stereocenters. The van der Waals surface area contributed by atoms with Gasteiger partial charge in [-0.2, -0.15) is 0 Å². The molecule has 0 radical (unpaired) electrons. The first-order valence-electron chi connectivity index (χ1n) is 6.82.